The zero-order valence-corrected chi connectivity index (χ0v) is 18.0. The number of hydrogen-bond acceptors (Lipinski definition) is 6. The fourth-order valence-electron chi connectivity index (χ4n) is 3.62. The lowest BCUT2D eigenvalue weighted by atomic mass is 9.85. The predicted octanol–water partition coefficient (Wildman–Crippen LogP) is 3.47. The molecule has 0 radical (unpaired) electrons. The maximum atomic E-state index is 12.5. The van der Waals surface area contributed by atoms with Crippen LogP contribution in [-0.2, 0) is 14.4 Å². The van der Waals surface area contributed by atoms with Gasteiger partial charge in [0, 0.05) is 10.9 Å². The molecule has 2 aliphatic rings. The van der Waals surface area contributed by atoms with Crippen LogP contribution >= 0.6 is 27.3 Å². The molecule has 4 rings (SSSR count). The normalized spacial score (nSPS) is 20.7. The molecule has 1 aromatic heterocycles. The minimum absolute atomic E-state index is 0.262. The van der Waals surface area contributed by atoms with Crippen molar-refractivity contribution in [2.24, 2.45) is 11.8 Å². The predicted molar refractivity (Wildman–Crippen MR) is 113 cm³/mol. The van der Waals surface area contributed by atoms with E-state index in [0.717, 1.165) is 14.9 Å². The summed E-state index contributed by atoms with van der Waals surface area (Å²) in [6, 6.07) is 5.59. The van der Waals surface area contributed by atoms with E-state index in [1.807, 2.05) is 35.7 Å². The first-order chi connectivity index (χ1) is 14.0. The summed E-state index contributed by atoms with van der Waals surface area (Å²) in [4.78, 5) is 42.9. The first-order valence-electron chi connectivity index (χ1n) is 9.07. The summed E-state index contributed by atoms with van der Waals surface area (Å²) in [7, 11) is 1.59. The molecule has 2 atom stereocenters. The number of likely N-dealkylation sites (tertiary alicyclic amines) is 1. The largest absolute Gasteiger partial charge is 0.496 e. The quantitative estimate of drug-likeness (QED) is 0.528. The number of benzene rings is 1. The lowest BCUT2D eigenvalue weighted by molar-refractivity contribution is -0.142. The molecule has 1 fully saturated rings. The van der Waals surface area contributed by atoms with Crippen molar-refractivity contribution in [1.29, 1.82) is 0 Å². The van der Waals surface area contributed by atoms with E-state index in [1.54, 1.807) is 7.11 Å². The fourth-order valence-corrected chi connectivity index (χ4v) is 4.89. The van der Waals surface area contributed by atoms with Crippen molar-refractivity contribution in [3.8, 4) is 17.0 Å². The maximum absolute atomic E-state index is 12.5. The van der Waals surface area contributed by atoms with Gasteiger partial charge in [0.1, 0.15) is 12.3 Å². The number of fused-ring (bicyclic) bond motifs is 1. The van der Waals surface area contributed by atoms with Crippen molar-refractivity contribution < 1.29 is 19.1 Å². The van der Waals surface area contributed by atoms with Gasteiger partial charge in [-0.1, -0.05) is 12.2 Å². The molecule has 0 bridgehead atoms. The Morgan fingerprint density at radius 1 is 1.28 bits per heavy atom. The van der Waals surface area contributed by atoms with Crippen LogP contribution in [0.3, 0.4) is 0 Å². The number of methoxy groups -OCH3 is 1. The molecule has 2 unspecified atom stereocenters. The summed E-state index contributed by atoms with van der Waals surface area (Å²) in [6.07, 6.45) is 4.95. The molecule has 1 N–H and O–H groups in total. The van der Waals surface area contributed by atoms with E-state index in [2.05, 4.69) is 26.2 Å². The van der Waals surface area contributed by atoms with Gasteiger partial charge in [0.15, 0.2) is 5.13 Å². The van der Waals surface area contributed by atoms with E-state index in [1.165, 1.54) is 11.3 Å². The van der Waals surface area contributed by atoms with Crippen LogP contribution < -0.4 is 10.1 Å². The third kappa shape index (κ3) is 3.84. The van der Waals surface area contributed by atoms with Crippen LogP contribution in [0, 0.1) is 11.8 Å². The summed E-state index contributed by atoms with van der Waals surface area (Å²) >= 11 is 4.72. The second-order valence-corrected chi connectivity index (χ2v) is 8.57. The van der Waals surface area contributed by atoms with Gasteiger partial charge in [-0.3, -0.25) is 19.3 Å². The van der Waals surface area contributed by atoms with Crippen molar-refractivity contribution >= 4 is 50.1 Å². The summed E-state index contributed by atoms with van der Waals surface area (Å²) in [5.41, 5.74) is 1.58. The molecular formula is C20H18BrN3O4S. The van der Waals surface area contributed by atoms with Crippen molar-refractivity contribution in [1.82, 2.24) is 9.88 Å². The summed E-state index contributed by atoms with van der Waals surface area (Å²) in [5, 5.41) is 4.93. The second-order valence-electron chi connectivity index (χ2n) is 6.85. The first-order valence-corrected chi connectivity index (χ1v) is 10.7. The minimum Gasteiger partial charge on any atom is -0.496 e. The van der Waals surface area contributed by atoms with Crippen LogP contribution in [0.15, 0.2) is 40.2 Å². The number of anilines is 1. The number of thiazole rings is 1. The highest BCUT2D eigenvalue weighted by Crippen LogP contribution is 2.35. The van der Waals surface area contributed by atoms with Gasteiger partial charge in [0.2, 0.25) is 17.7 Å². The zero-order valence-electron chi connectivity index (χ0n) is 15.6. The van der Waals surface area contributed by atoms with Crippen molar-refractivity contribution in [3.05, 3.63) is 40.2 Å². The van der Waals surface area contributed by atoms with E-state index in [4.69, 9.17) is 4.74 Å². The summed E-state index contributed by atoms with van der Waals surface area (Å²) < 4.78 is 6.03. The van der Waals surface area contributed by atoms with E-state index in [-0.39, 0.29) is 30.2 Å². The highest BCUT2D eigenvalue weighted by molar-refractivity contribution is 9.10. The van der Waals surface area contributed by atoms with Crippen molar-refractivity contribution in [3.63, 3.8) is 0 Å². The first kappa shape index (κ1) is 19.8. The Morgan fingerprint density at radius 3 is 2.59 bits per heavy atom. The Hall–Kier alpha value is -2.52. The van der Waals surface area contributed by atoms with Crippen molar-refractivity contribution in [2.45, 2.75) is 12.8 Å². The fraction of sp³-hybridized carbons (Fsp3) is 0.300. The average Bonchev–Trinajstić information content (AvgIpc) is 3.27. The molecule has 2 aromatic rings. The van der Waals surface area contributed by atoms with Gasteiger partial charge >= 0.3 is 0 Å². The Balaban J connectivity index is 1.41. The van der Waals surface area contributed by atoms with Gasteiger partial charge in [-0.25, -0.2) is 4.98 Å². The highest BCUT2D eigenvalue weighted by Gasteiger charge is 2.47. The number of imide groups is 1. The highest BCUT2D eigenvalue weighted by atomic mass is 79.9. The Morgan fingerprint density at radius 2 is 1.97 bits per heavy atom. The second kappa shape index (κ2) is 8.08. The molecule has 0 saturated carbocycles. The van der Waals surface area contributed by atoms with Crippen LogP contribution in [0.25, 0.3) is 11.3 Å². The monoisotopic (exact) mass is 475 g/mol. The molecule has 7 nitrogen and oxygen atoms in total. The number of aromatic nitrogens is 1. The van der Waals surface area contributed by atoms with E-state index < -0.39 is 5.91 Å². The van der Waals surface area contributed by atoms with Crippen molar-refractivity contribution in [2.75, 3.05) is 19.0 Å². The molecule has 1 saturated heterocycles. The van der Waals surface area contributed by atoms with Gasteiger partial charge in [-0.15, -0.1) is 11.3 Å². The standard InChI is InChI=1S/C20H18BrN3O4S/c1-28-16-7-6-11(8-14(16)21)15-10-29-20(22-15)23-17(25)9-24-18(26)12-4-2-3-5-13(12)19(24)27/h2-3,6-8,10,12-13H,4-5,9H2,1H3,(H,22,23,25). The van der Waals surface area contributed by atoms with Gasteiger partial charge in [0.25, 0.3) is 0 Å². The van der Waals surface area contributed by atoms with Gasteiger partial charge in [-0.05, 0) is 47.0 Å². The molecule has 29 heavy (non-hydrogen) atoms. The topological polar surface area (TPSA) is 88.6 Å². The van der Waals surface area contributed by atoms with Gasteiger partial charge in [-0.2, -0.15) is 0 Å². The van der Waals surface area contributed by atoms with Crippen LogP contribution in [-0.4, -0.2) is 41.3 Å². The Labute approximate surface area is 179 Å². The number of nitrogens with one attached hydrogen (secondary N) is 1. The molecule has 0 spiro atoms. The molecule has 1 aliphatic heterocycles. The molecule has 3 amide bonds. The van der Waals surface area contributed by atoms with Crippen LogP contribution in [0.5, 0.6) is 5.75 Å². The lowest BCUT2D eigenvalue weighted by Gasteiger charge is -2.14. The SMILES string of the molecule is COc1ccc(-c2csc(NC(=O)CN3C(=O)C4CC=CCC4C3=O)n2)cc1Br. The lowest BCUT2D eigenvalue weighted by Crippen LogP contribution is -2.38. The minimum atomic E-state index is -0.435. The van der Waals surface area contributed by atoms with Gasteiger partial charge in [0.05, 0.1) is 29.1 Å². The zero-order chi connectivity index (χ0) is 20.5. The third-order valence-electron chi connectivity index (χ3n) is 5.10. The third-order valence-corrected chi connectivity index (χ3v) is 6.48. The van der Waals surface area contributed by atoms with E-state index in [0.29, 0.717) is 29.4 Å². The summed E-state index contributed by atoms with van der Waals surface area (Å²) in [6.45, 7) is -0.284. The number of rotatable bonds is 5. The Bertz CT molecular complexity index is 993. The number of ether oxygens (including phenoxy) is 1. The number of carbonyl (C=O) groups is 3. The molecule has 1 aromatic carbocycles. The molecule has 1 aliphatic carbocycles. The van der Waals surface area contributed by atoms with E-state index in [9.17, 15) is 14.4 Å². The Kier molecular flexibility index (Phi) is 5.51. The number of nitrogens with zero attached hydrogens (tertiary/aromatic N) is 2. The molecule has 2 heterocycles. The number of allylic oxidation sites excluding steroid dienone is 2. The van der Waals surface area contributed by atoms with Gasteiger partial charge < -0.3 is 10.1 Å². The summed E-state index contributed by atoms with van der Waals surface area (Å²) in [5.74, 6) is -0.909. The average molecular weight is 476 g/mol. The number of hydrogen-bond donors (Lipinski definition) is 1. The molecule has 9 heteroatoms. The maximum Gasteiger partial charge on any atom is 0.246 e. The smallest absolute Gasteiger partial charge is 0.246 e. The van der Waals surface area contributed by atoms with Crippen LogP contribution in [0.1, 0.15) is 12.8 Å². The van der Waals surface area contributed by atoms with Crippen LogP contribution in [0.4, 0.5) is 5.13 Å². The molecular weight excluding hydrogens is 458 g/mol. The van der Waals surface area contributed by atoms with E-state index >= 15 is 0 Å². The number of amides is 3. The molecule has 150 valence electrons. The number of carbonyl (C=O) groups excluding carboxylic acids is 3. The number of halogens is 1. The van der Waals surface area contributed by atoms with Crippen LogP contribution in [0.2, 0.25) is 0 Å².